The lowest BCUT2D eigenvalue weighted by molar-refractivity contribution is 0.355. The Bertz CT molecular complexity index is 372. The second-order valence-electron chi connectivity index (χ2n) is 6.60. The second kappa shape index (κ2) is 5.07. The van der Waals surface area contributed by atoms with Crippen molar-refractivity contribution >= 4 is 0 Å². The normalized spacial score (nSPS) is 29.9. The van der Waals surface area contributed by atoms with E-state index in [0.717, 1.165) is 11.8 Å². The Balaban J connectivity index is 1.80. The average Bonchev–Trinajstić information content (AvgIpc) is 2.60. The Morgan fingerprint density at radius 2 is 1.61 bits per heavy atom. The molecule has 2 unspecified atom stereocenters. The number of H-pyrrole nitrogens is 1. The van der Waals surface area contributed by atoms with Gasteiger partial charge in [-0.05, 0) is 37.5 Å². The molecule has 2 aliphatic carbocycles. The molecule has 0 bridgehead atoms. The fourth-order valence-corrected chi connectivity index (χ4v) is 3.58. The zero-order valence-corrected chi connectivity index (χ0v) is 11.8. The van der Waals surface area contributed by atoms with Crippen LogP contribution in [0.5, 0.6) is 0 Å². The Kier molecular flexibility index (Phi) is 3.45. The second-order valence-corrected chi connectivity index (χ2v) is 6.60. The number of hydrogen-bond donors (Lipinski definition) is 1. The van der Waals surface area contributed by atoms with Gasteiger partial charge < -0.3 is 4.98 Å². The number of aromatic nitrogens is 2. The Labute approximate surface area is 111 Å². The minimum Gasteiger partial charge on any atom is -0.345 e. The van der Waals surface area contributed by atoms with Gasteiger partial charge in [0.2, 0.25) is 0 Å². The summed E-state index contributed by atoms with van der Waals surface area (Å²) < 4.78 is 0. The molecular formula is C16H26N2. The van der Waals surface area contributed by atoms with Crippen LogP contribution < -0.4 is 0 Å². The molecule has 0 saturated heterocycles. The van der Waals surface area contributed by atoms with E-state index in [-0.39, 0.29) is 0 Å². The van der Waals surface area contributed by atoms with Crippen LogP contribution >= 0.6 is 0 Å². The first-order valence-corrected chi connectivity index (χ1v) is 7.81. The molecule has 1 N–H and O–H groups in total. The monoisotopic (exact) mass is 246 g/mol. The van der Waals surface area contributed by atoms with E-state index >= 15 is 0 Å². The fraction of sp³-hybridized carbons (Fsp3) is 0.812. The van der Waals surface area contributed by atoms with Crippen molar-refractivity contribution in [2.75, 3.05) is 0 Å². The zero-order chi connectivity index (χ0) is 12.5. The number of rotatable bonds is 1. The van der Waals surface area contributed by atoms with Crippen molar-refractivity contribution in [3.63, 3.8) is 0 Å². The molecule has 100 valence electrons. The third kappa shape index (κ3) is 2.34. The quantitative estimate of drug-likeness (QED) is 0.738. The number of aromatic amines is 1. The van der Waals surface area contributed by atoms with Crippen molar-refractivity contribution in [1.82, 2.24) is 9.97 Å². The van der Waals surface area contributed by atoms with Crippen LogP contribution in [0.25, 0.3) is 0 Å². The lowest BCUT2D eigenvalue weighted by Crippen LogP contribution is -2.20. The van der Waals surface area contributed by atoms with Crippen molar-refractivity contribution in [1.29, 1.82) is 0 Å². The van der Waals surface area contributed by atoms with Gasteiger partial charge in [0.15, 0.2) is 0 Å². The average molecular weight is 246 g/mol. The molecule has 2 atom stereocenters. The molecule has 2 nitrogen and oxygen atoms in total. The molecule has 1 aromatic rings. The van der Waals surface area contributed by atoms with Crippen LogP contribution in [0.2, 0.25) is 0 Å². The molecule has 0 amide bonds. The summed E-state index contributed by atoms with van der Waals surface area (Å²) in [5.74, 6) is 3.62. The molecule has 18 heavy (non-hydrogen) atoms. The summed E-state index contributed by atoms with van der Waals surface area (Å²) in [7, 11) is 0. The Hall–Kier alpha value is -0.790. The van der Waals surface area contributed by atoms with Crippen LogP contribution in [0.1, 0.15) is 75.5 Å². The number of nitrogens with zero attached hydrogens (tertiary/aromatic N) is 1. The van der Waals surface area contributed by atoms with Crippen molar-refractivity contribution < 1.29 is 0 Å². The lowest BCUT2D eigenvalue weighted by atomic mass is 9.82. The topological polar surface area (TPSA) is 28.7 Å². The van der Waals surface area contributed by atoms with Crippen molar-refractivity contribution in [3.05, 3.63) is 17.2 Å². The first-order chi connectivity index (χ1) is 8.74. The third-order valence-corrected chi connectivity index (χ3v) is 5.14. The van der Waals surface area contributed by atoms with Gasteiger partial charge in [0.1, 0.15) is 5.82 Å². The zero-order valence-electron chi connectivity index (χ0n) is 11.8. The van der Waals surface area contributed by atoms with Crippen LogP contribution in [0, 0.1) is 11.8 Å². The summed E-state index contributed by atoms with van der Waals surface area (Å²) in [6, 6.07) is 0. The molecule has 0 aromatic carbocycles. The van der Waals surface area contributed by atoms with E-state index < -0.39 is 0 Å². The predicted molar refractivity (Wildman–Crippen MR) is 74.8 cm³/mol. The molecule has 1 fully saturated rings. The van der Waals surface area contributed by atoms with E-state index in [9.17, 15) is 0 Å². The van der Waals surface area contributed by atoms with Gasteiger partial charge in [-0.1, -0.05) is 39.5 Å². The van der Waals surface area contributed by atoms with Gasteiger partial charge in [-0.2, -0.15) is 0 Å². The van der Waals surface area contributed by atoms with Crippen molar-refractivity contribution in [3.8, 4) is 0 Å². The van der Waals surface area contributed by atoms with Gasteiger partial charge in [0.05, 0.1) is 5.69 Å². The number of nitrogens with one attached hydrogen (secondary N) is 1. The van der Waals surface area contributed by atoms with Gasteiger partial charge in [-0.15, -0.1) is 0 Å². The van der Waals surface area contributed by atoms with Gasteiger partial charge in [0, 0.05) is 11.6 Å². The lowest BCUT2D eigenvalue weighted by Gasteiger charge is -2.24. The van der Waals surface area contributed by atoms with E-state index in [1.54, 1.807) is 0 Å². The molecule has 0 aliphatic heterocycles. The molecule has 2 heteroatoms. The van der Waals surface area contributed by atoms with Gasteiger partial charge in [0.25, 0.3) is 0 Å². The highest BCUT2D eigenvalue weighted by molar-refractivity contribution is 5.21. The van der Waals surface area contributed by atoms with Crippen LogP contribution in [-0.2, 0) is 12.8 Å². The number of hydrogen-bond acceptors (Lipinski definition) is 1. The van der Waals surface area contributed by atoms with Gasteiger partial charge in [-0.3, -0.25) is 0 Å². The Morgan fingerprint density at radius 1 is 0.944 bits per heavy atom. The highest BCUT2D eigenvalue weighted by Crippen LogP contribution is 2.34. The van der Waals surface area contributed by atoms with Gasteiger partial charge >= 0.3 is 0 Å². The molecule has 0 spiro atoms. The number of imidazole rings is 1. The number of fused-ring (bicyclic) bond motifs is 1. The summed E-state index contributed by atoms with van der Waals surface area (Å²) in [5, 5.41) is 0. The van der Waals surface area contributed by atoms with Crippen LogP contribution in [0.4, 0.5) is 0 Å². The maximum Gasteiger partial charge on any atom is 0.109 e. The smallest absolute Gasteiger partial charge is 0.109 e. The minimum atomic E-state index is 0.712. The maximum absolute atomic E-state index is 4.95. The third-order valence-electron chi connectivity index (χ3n) is 5.14. The molecule has 1 aromatic heterocycles. The molecule has 3 rings (SSSR count). The minimum absolute atomic E-state index is 0.712. The molecule has 2 aliphatic rings. The molecule has 0 radical (unpaired) electrons. The maximum atomic E-state index is 4.95. The highest BCUT2D eigenvalue weighted by atomic mass is 14.9. The van der Waals surface area contributed by atoms with Gasteiger partial charge in [-0.25, -0.2) is 4.98 Å². The molecule has 1 saturated carbocycles. The van der Waals surface area contributed by atoms with E-state index in [4.69, 9.17) is 4.98 Å². The molecular weight excluding hydrogens is 220 g/mol. The largest absolute Gasteiger partial charge is 0.345 e. The first-order valence-electron chi connectivity index (χ1n) is 7.81. The van der Waals surface area contributed by atoms with Crippen LogP contribution in [-0.4, -0.2) is 9.97 Å². The van der Waals surface area contributed by atoms with Crippen molar-refractivity contribution in [2.24, 2.45) is 11.8 Å². The standard InChI is InChI=1S/C16H26N2/c1-11-9-14-15(10-12(11)2)18-16(17-14)13-7-5-3-4-6-8-13/h11-13H,3-10H2,1-2H3,(H,17,18). The van der Waals surface area contributed by atoms with E-state index in [0.29, 0.717) is 5.92 Å². The molecule has 1 heterocycles. The van der Waals surface area contributed by atoms with Crippen molar-refractivity contribution in [2.45, 2.75) is 71.1 Å². The van der Waals surface area contributed by atoms with E-state index in [1.807, 2.05) is 0 Å². The van der Waals surface area contributed by atoms with E-state index in [2.05, 4.69) is 18.8 Å². The highest BCUT2D eigenvalue weighted by Gasteiger charge is 2.27. The van der Waals surface area contributed by atoms with Crippen LogP contribution in [0.15, 0.2) is 0 Å². The predicted octanol–water partition coefficient (Wildman–Crippen LogP) is 4.22. The Morgan fingerprint density at radius 3 is 2.33 bits per heavy atom. The summed E-state index contributed by atoms with van der Waals surface area (Å²) in [6.07, 6.45) is 10.7. The van der Waals surface area contributed by atoms with Crippen LogP contribution in [0.3, 0.4) is 0 Å². The summed E-state index contributed by atoms with van der Waals surface area (Å²) in [5.41, 5.74) is 2.82. The SMILES string of the molecule is CC1Cc2nc(C3CCCCCC3)[nH]c2CC1C. The summed E-state index contributed by atoms with van der Waals surface area (Å²) in [6.45, 7) is 4.74. The fourth-order valence-electron chi connectivity index (χ4n) is 3.58. The first kappa shape index (κ1) is 12.3. The summed E-state index contributed by atoms with van der Waals surface area (Å²) >= 11 is 0. The van der Waals surface area contributed by atoms with E-state index in [1.165, 1.54) is 68.6 Å². The summed E-state index contributed by atoms with van der Waals surface area (Å²) in [4.78, 5) is 8.62.